The van der Waals surface area contributed by atoms with Gasteiger partial charge in [-0.05, 0) is 30.4 Å². The predicted molar refractivity (Wildman–Crippen MR) is 57.9 cm³/mol. The summed E-state index contributed by atoms with van der Waals surface area (Å²) in [7, 11) is 0. The monoisotopic (exact) mass is 190 g/mol. The van der Waals surface area contributed by atoms with Crippen LogP contribution in [0.1, 0.15) is 32.4 Å². The molecule has 1 aliphatic carbocycles. The van der Waals surface area contributed by atoms with E-state index in [0.29, 0.717) is 11.5 Å². The molecule has 0 aliphatic heterocycles. The van der Waals surface area contributed by atoms with Gasteiger partial charge in [-0.2, -0.15) is 0 Å². The van der Waals surface area contributed by atoms with Gasteiger partial charge in [0.25, 0.3) is 0 Å². The van der Waals surface area contributed by atoms with Crippen LogP contribution in [0.4, 0.5) is 0 Å². The van der Waals surface area contributed by atoms with Crippen LogP contribution in [0.15, 0.2) is 24.4 Å². The van der Waals surface area contributed by atoms with Gasteiger partial charge in [-0.3, -0.25) is 4.98 Å². The van der Waals surface area contributed by atoms with Crippen molar-refractivity contribution >= 4 is 0 Å². The van der Waals surface area contributed by atoms with Crippen molar-refractivity contribution in [2.75, 3.05) is 0 Å². The Bertz CT molecular complexity index is 292. The van der Waals surface area contributed by atoms with Gasteiger partial charge in [0, 0.05) is 18.8 Å². The molecule has 2 heteroatoms. The molecule has 0 bridgehead atoms. The van der Waals surface area contributed by atoms with Crippen molar-refractivity contribution in [3.05, 3.63) is 30.1 Å². The highest BCUT2D eigenvalue weighted by Crippen LogP contribution is 2.39. The summed E-state index contributed by atoms with van der Waals surface area (Å²) < 4.78 is 0. The van der Waals surface area contributed by atoms with Crippen molar-refractivity contribution in [2.45, 2.75) is 39.3 Å². The molecule has 1 aromatic heterocycles. The number of aromatic nitrogens is 1. The molecule has 2 nitrogen and oxygen atoms in total. The fourth-order valence-corrected chi connectivity index (χ4v) is 1.97. The molecule has 0 aromatic carbocycles. The van der Waals surface area contributed by atoms with E-state index in [9.17, 15) is 0 Å². The lowest BCUT2D eigenvalue weighted by atomic mass is 9.67. The van der Waals surface area contributed by atoms with E-state index < -0.39 is 0 Å². The van der Waals surface area contributed by atoms with Crippen molar-refractivity contribution in [1.29, 1.82) is 0 Å². The maximum absolute atomic E-state index is 4.29. The van der Waals surface area contributed by atoms with Gasteiger partial charge in [0.2, 0.25) is 0 Å². The van der Waals surface area contributed by atoms with Crippen LogP contribution in [0.2, 0.25) is 0 Å². The smallest absolute Gasteiger partial charge is 0.0541 e. The summed E-state index contributed by atoms with van der Waals surface area (Å²) in [6, 6.07) is 6.73. The van der Waals surface area contributed by atoms with Crippen molar-refractivity contribution in [2.24, 2.45) is 5.41 Å². The highest BCUT2D eigenvalue weighted by molar-refractivity contribution is 5.04. The van der Waals surface area contributed by atoms with E-state index in [-0.39, 0.29) is 0 Å². The second-order valence-corrected chi connectivity index (χ2v) is 4.78. The van der Waals surface area contributed by atoms with E-state index in [1.165, 1.54) is 12.8 Å². The lowest BCUT2D eigenvalue weighted by Gasteiger charge is -2.45. The van der Waals surface area contributed by atoms with Gasteiger partial charge in [-0.1, -0.05) is 19.9 Å². The number of rotatable bonds is 3. The third-order valence-electron chi connectivity index (χ3n) is 3.28. The third-order valence-corrected chi connectivity index (χ3v) is 3.28. The molecule has 0 saturated heterocycles. The van der Waals surface area contributed by atoms with Crippen molar-refractivity contribution in [1.82, 2.24) is 10.3 Å². The molecule has 14 heavy (non-hydrogen) atoms. The minimum absolute atomic E-state index is 0.481. The summed E-state index contributed by atoms with van der Waals surface area (Å²) >= 11 is 0. The van der Waals surface area contributed by atoms with E-state index in [2.05, 4.69) is 30.2 Å². The van der Waals surface area contributed by atoms with Crippen LogP contribution in [0.5, 0.6) is 0 Å². The fourth-order valence-electron chi connectivity index (χ4n) is 1.97. The van der Waals surface area contributed by atoms with E-state index in [0.717, 1.165) is 12.2 Å². The Hall–Kier alpha value is -0.890. The van der Waals surface area contributed by atoms with E-state index >= 15 is 0 Å². The molecule has 1 unspecified atom stereocenters. The Kier molecular flexibility index (Phi) is 2.55. The first kappa shape index (κ1) is 9.66. The molecule has 0 spiro atoms. The summed E-state index contributed by atoms with van der Waals surface area (Å²) in [6.45, 7) is 5.55. The maximum Gasteiger partial charge on any atom is 0.0541 e. The molecule has 76 valence electrons. The van der Waals surface area contributed by atoms with E-state index in [1.54, 1.807) is 0 Å². The van der Waals surface area contributed by atoms with Crippen LogP contribution >= 0.6 is 0 Å². The predicted octanol–water partition coefficient (Wildman–Crippen LogP) is 2.36. The van der Waals surface area contributed by atoms with Gasteiger partial charge in [-0.25, -0.2) is 0 Å². The van der Waals surface area contributed by atoms with Gasteiger partial charge in [0.15, 0.2) is 0 Å². The standard InChI is InChI=1S/C12H18N2/c1-12(2)7-6-11(12)14-9-10-5-3-4-8-13-10/h3-5,8,11,14H,6-7,9H2,1-2H3. The highest BCUT2D eigenvalue weighted by atomic mass is 15.0. The largest absolute Gasteiger partial charge is 0.308 e. The normalized spacial score (nSPS) is 24.3. The average molecular weight is 190 g/mol. The molecule has 1 heterocycles. The van der Waals surface area contributed by atoms with Crippen LogP contribution in [-0.2, 0) is 6.54 Å². The maximum atomic E-state index is 4.29. The molecule has 0 radical (unpaired) electrons. The molecule has 1 aliphatic rings. The Morgan fingerprint density at radius 2 is 2.36 bits per heavy atom. The highest BCUT2D eigenvalue weighted by Gasteiger charge is 2.37. The molecular formula is C12H18N2. The zero-order valence-electron chi connectivity index (χ0n) is 8.96. The average Bonchev–Trinajstić information content (AvgIpc) is 2.18. The molecule has 2 rings (SSSR count). The topological polar surface area (TPSA) is 24.9 Å². The molecule has 1 N–H and O–H groups in total. The van der Waals surface area contributed by atoms with Gasteiger partial charge < -0.3 is 5.32 Å². The van der Waals surface area contributed by atoms with Crippen LogP contribution < -0.4 is 5.32 Å². The summed E-state index contributed by atoms with van der Waals surface area (Å²) in [6.07, 6.45) is 4.50. The van der Waals surface area contributed by atoms with Gasteiger partial charge in [-0.15, -0.1) is 0 Å². The lowest BCUT2D eigenvalue weighted by molar-refractivity contribution is 0.107. The van der Waals surface area contributed by atoms with Crippen LogP contribution in [-0.4, -0.2) is 11.0 Å². The van der Waals surface area contributed by atoms with Crippen LogP contribution in [0.3, 0.4) is 0 Å². The van der Waals surface area contributed by atoms with E-state index in [4.69, 9.17) is 0 Å². The quantitative estimate of drug-likeness (QED) is 0.791. The zero-order valence-corrected chi connectivity index (χ0v) is 8.96. The van der Waals surface area contributed by atoms with E-state index in [1.807, 2.05) is 18.3 Å². The number of hydrogen-bond acceptors (Lipinski definition) is 2. The molecule has 1 saturated carbocycles. The number of nitrogens with zero attached hydrogens (tertiary/aromatic N) is 1. The van der Waals surface area contributed by atoms with Gasteiger partial charge in [0.05, 0.1) is 5.69 Å². The first-order chi connectivity index (χ1) is 6.68. The second kappa shape index (κ2) is 3.70. The van der Waals surface area contributed by atoms with Gasteiger partial charge >= 0.3 is 0 Å². The van der Waals surface area contributed by atoms with Gasteiger partial charge in [0.1, 0.15) is 0 Å². The van der Waals surface area contributed by atoms with Crippen molar-refractivity contribution in [3.8, 4) is 0 Å². The third kappa shape index (κ3) is 1.95. The number of hydrogen-bond donors (Lipinski definition) is 1. The Balaban J connectivity index is 1.84. The Morgan fingerprint density at radius 3 is 2.86 bits per heavy atom. The first-order valence-electron chi connectivity index (χ1n) is 5.32. The summed E-state index contributed by atoms with van der Waals surface area (Å²) in [5, 5.41) is 3.56. The zero-order chi connectivity index (χ0) is 10.0. The molecule has 1 aromatic rings. The Labute approximate surface area is 85.7 Å². The molecule has 0 amide bonds. The molecule has 1 atom stereocenters. The van der Waals surface area contributed by atoms with Crippen molar-refractivity contribution < 1.29 is 0 Å². The van der Waals surface area contributed by atoms with Crippen LogP contribution in [0, 0.1) is 5.41 Å². The second-order valence-electron chi connectivity index (χ2n) is 4.78. The summed E-state index contributed by atoms with van der Waals surface area (Å²) in [4.78, 5) is 4.29. The molecule has 1 fully saturated rings. The minimum atomic E-state index is 0.481. The number of pyridine rings is 1. The van der Waals surface area contributed by atoms with Crippen molar-refractivity contribution in [3.63, 3.8) is 0 Å². The molecular weight excluding hydrogens is 172 g/mol. The number of nitrogens with one attached hydrogen (secondary N) is 1. The fraction of sp³-hybridized carbons (Fsp3) is 0.583. The SMILES string of the molecule is CC1(C)CCC1NCc1ccccn1. The Morgan fingerprint density at radius 1 is 1.50 bits per heavy atom. The summed E-state index contributed by atoms with van der Waals surface area (Å²) in [5.41, 5.74) is 1.62. The first-order valence-corrected chi connectivity index (χ1v) is 5.32. The minimum Gasteiger partial charge on any atom is -0.308 e. The summed E-state index contributed by atoms with van der Waals surface area (Å²) in [5.74, 6) is 0. The van der Waals surface area contributed by atoms with Crippen LogP contribution in [0.25, 0.3) is 0 Å². The lowest BCUT2D eigenvalue weighted by Crippen LogP contribution is -2.49.